The van der Waals surface area contributed by atoms with E-state index in [1.54, 1.807) is 13.8 Å². The lowest BCUT2D eigenvalue weighted by Gasteiger charge is -2.31. The van der Waals surface area contributed by atoms with E-state index in [2.05, 4.69) is 10.5 Å². The van der Waals surface area contributed by atoms with Gasteiger partial charge in [-0.3, -0.25) is 4.79 Å². The molecule has 0 saturated carbocycles. The van der Waals surface area contributed by atoms with Crippen molar-refractivity contribution in [2.75, 3.05) is 0 Å². The molecule has 0 aliphatic heterocycles. The molecule has 1 amide bonds. The van der Waals surface area contributed by atoms with Crippen molar-refractivity contribution in [3.63, 3.8) is 0 Å². The fourth-order valence-electron chi connectivity index (χ4n) is 1.92. The number of phenolic OH excluding ortho intramolecular Hbond substituents is 1. The molecule has 0 spiro atoms. The monoisotopic (exact) mass is 283 g/mol. The van der Waals surface area contributed by atoms with Gasteiger partial charge in [0.1, 0.15) is 17.1 Å². The average Bonchev–Trinajstić information content (AvgIpc) is 2.43. The first kappa shape index (κ1) is 15.7. The van der Waals surface area contributed by atoms with Gasteiger partial charge in [-0.15, -0.1) is 0 Å². The minimum absolute atomic E-state index is 0.143. The molecule has 1 aromatic rings. The Morgan fingerprint density at radius 3 is 2.50 bits per heavy atom. The third-order valence-corrected chi connectivity index (χ3v) is 3.36. The predicted octanol–water partition coefficient (Wildman–Crippen LogP) is 1.57. The van der Waals surface area contributed by atoms with Crippen molar-refractivity contribution in [3.8, 4) is 5.75 Å². The van der Waals surface area contributed by atoms with Crippen molar-refractivity contribution in [2.45, 2.75) is 32.2 Å². The van der Waals surface area contributed by atoms with Crippen molar-refractivity contribution in [2.24, 2.45) is 10.9 Å². The first-order valence-electron chi connectivity index (χ1n) is 6.19. The number of carbonyl (C=O) groups is 1. The number of nitrogens with one attached hydrogen (secondary N) is 1. The number of rotatable bonds is 5. The molecule has 0 fully saturated rings. The standard InChI is InChI=1S/C13H18FN3O3/c1-3-13(4-2,12(15)17-20)16-11(19)9-6-5-8(18)7-10(9)14/h5-7,18,20H,3-4H2,1-2H3,(H2,15,17)(H,16,19). The van der Waals surface area contributed by atoms with Crippen LogP contribution < -0.4 is 11.1 Å². The van der Waals surface area contributed by atoms with Gasteiger partial charge in [0.15, 0.2) is 5.84 Å². The Balaban J connectivity index is 3.09. The Morgan fingerprint density at radius 1 is 1.45 bits per heavy atom. The first-order chi connectivity index (χ1) is 9.40. The van der Waals surface area contributed by atoms with Gasteiger partial charge in [-0.05, 0) is 25.0 Å². The summed E-state index contributed by atoms with van der Waals surface area (Å²) < 4.78 is 13.6. The summed E-state index contributed by atoms with van der Waals surface area (Å²) in [6.45, 7) is 3.52. The number of carbonyl (C=O) groups excluding carboxylic acids is 1. The highest BCUT2D eigenvalue weighted by molar-refractivity contribution is 6.00. The maximum Gasteiger partial charge on any atom is 0.255 e. The van der Waals surface area contributed by atoms with Crippen LogP contribution in [-0.2, 0) is 0 Å². The van der Waals surface area contributed by atoms with E-state index >= 15 is 0 Å². The Kier molecular flexibility index (Phi) is 4.90. The summed E-state index contributed by atoms with van der Waals surface area (Å²) in [5.74, 6) is -1.95. The Bertz CT molecular complexity index is 528. The molecule has 0 radical (unpaired) electrons. The van der Waals surface area contributed by atoms with E-state index in [4.69, 9.17) is 16.0 Å². The van der Waals surface area contributed by atoms with Gasteiger partial charge in [0.2, 0.25) is 0 Å². The molecule has 6 nitrogen and oxygen atoms in total. The van der Waals surface area contributed by atoms with Gasteiger partial charge in [-0.1, -0.05) is 19.0 Å². The number of aromatic hydroxyl groups is 1. The number of halogens is 1. The molecule has 0 bridgehead atoms. The number of hydrogen-bond acceptors (Lipinski definition) is 4. The molecule has 110 valence electrons. The van der Waals surface area contributed by atoms with Crippen LogP contribution >= 0.6 is 0 Å². The number of amides is 1. The molecule has 7 heteroatoms. The number of phenols is 1. The summed E-state index contributed by atoms with van der Waals surface area (Å²) >= 11 is 0. The van der Waals surface area contributed by atoms with Crippen LogP contribution in [0.25, 0.3) is 0 Å². The van der Waals surface area contributed by atoms with Crippen LogP contribution in [0, 0.1) is 5.82 Å². The number of nitrogens with zero attached hydrogens (tertiary/aromatic N) is 1. The minimum atomic E-state index is -1.05. The van der Waals surface area contributed by atoms with Gasteiger partial charge in [0, 0.05) is 6.07 Å². The van der Waals surface area contributed by atoms with E-state index in [9.17, 15) is 9.18 Å². The molecular weight excluding hydrogens is 265 g/mol. The quantitative estimate of drug-likeness (QED) is 0.284. The number of amidine groups is 1. The van der Waals surface area contributed by atoms with Crippen LogP contribution in [0.4, 0.5) is 4.39 Å². The predicted molar refractivity (Wildman–Crippen MR) is 72.3 cm³/mol. The van der Waals surface area contributed by atoms with Crippen LogP contribution in [0.2, 0.25) is 0 Å². The summed E-state index contributed by atoms with van der Waals surface area (Å²) in [5, 5.41) is 23.5. The molecule has 0 aliphatic rings. The zero-order valence-corrected chi connectivity index (χ0v) is 11.4. The molecule has 0 atom stereocenters. The Morgan fingerprint density at radius 2 is 2.05 bits per heavy atom. The number of hydrogen-bond donors (Lipinski definition) is 4. The van der Waals surface area contributed by atoms with Crippen molar-refractivity contribution >= 4 is 11.7 Å². The molecular formula is C13H18FN3O3. The molecule has 0 unspecified atom stereocenters. The van der Waals surface area contributed by atoms with E-state index < -0.39 is 17.3 Å². The molecule has 0 aromatic heterocycles. The van der Waals surface area contributed by atoms with Crippen LogP contribution in [0.1, 0.15) is 37.0 Å². The van der Waals surface area contributed by atoms with Gasteiger partial charge >= 0.3 is 0 Å². The van der Waals surface area contributed by atoms with E-state index in [0.717, 1.165) is 6.07 Å². The third-order valence-electron chi connectivity index (χ3n) is 3.36. The highest BCUT2D eigenvalue weighted by Gasteiger charge is 2.34. The van der Waals surface area contributed by atoms with Crippen LogP contribution in [0.3, 0.4) is 0 Å². The highest BCUT2D eigenvalue weighted by atomic mass is 19.1. The second-order valence-electron chi connectivity index (χ2n) is 4.39. The summed E-state index contributed by atoms with van der Waals surface area (Å²) in [6, 6.07) is 3.22. The molecule has 5 N–H and O–H groups in total. The lowest BCUT2D eigenvalue weighted by molar-refractivity contribution is 0.0913. The zero-order chi connectivity index (χ0) is 15.3. The lowest BCUT2D eigenvalue weighted by Crippen LogP contribution is -2.57. The molecule has 0 heterocycles. The maximum atomic E-state index is 13.6. The third kappa shape index (κ3) is 2.98. The number of benzene rings is 1. The van der Waals surface area contributed by atoms with Gasteiger partial charge in [0.05, 0.1) is 5.56 Å². The van der Waals surface area contributed by atoms with Crippen molar-refractivity contribution in [1.29, 1.82) is 0 Å². The Labute approximate surface area is 116 Å². The van der Waals surface area contributed by atoms with Crippen molar-refractivity contribution < 1.29 is 19.5 Å². The normalized spacial score (nSPS) is 12.2. The van der Waals surface area contributed by atoms with Gasteiger partial charge in [0.25, 0.3) is 5.91 Å². The second-order valence-corrected chi connectivity index (χ2v) is 4.39. The van der Waals surface area contributed by atoms with Gasteiger partial charge < -0.3 is 21.4 Å². The van der Waals surface area contributed by atoms with E-state index in [1.165, 1.54) is 12.1 Å². The van der Waals surface area contributed by atoms with Gasteiger partial charge in [-0.2, -0.15) is 0 Å². The van der Waals surface area contributed by atoms with Crippen molar-refractivity contribution in [1.82, 2.24) is 5.32 Å². The molecule has 1 rings (SSSR count). The second kappa shape index (κ2) is 6.23. The lowest BCUT2D eigenvalue weighted by atomic mass is 9.91. The summed E-state index contributed by atoms with van der Waals surface area (Å²) in [7, 11) is 0. The topological polar surface area (TPSA) is 108 Å². The summed E-state index contributed by atoms with van der Waals surface area (Å²) in [4.78, 5) is 12.1. The summed E-state index contributed by atoms with van der Waals surface area (Å²) in [6.07, 6.45) is 0.760. The van der Waals surface area contributed by atoms with Crippen LogP contribution in [0.5, 0.6) is 5.75 Å². The first-order valence-corrected chi connectivity index (χ1v) is 6.19. The van der Waals surface area contributed by atoms with E-state index in [0.29, 0.717) is 12.8 Å². The van der Waals surface area contributed by atoms with Crippen LogP contribution in [-0.4, -0.2) is 27.6 Å². The fourth-order valence-corrected chi connectivity index (χ4v) is 1.92. The van der Waals surface area contributed by atoms with Crippen LogP contribution in [0.15, 0.2) is 23.4 Å². The fraction of sp³-hybridized carbons (Fsp3) is 0.385. The molecule has 20 heavy (non-hydrogen) atoms. The highest BCUT2D eigenvalue weighted by Crippen LogP contribution is 2.19. The smallest absolute Gasteiger partial charge is 0.255 e. The zero-order valence-electron chi connectivity index (χ0n) is 11.4. The number of oxime groups is 1. The molecule has 0 aliphatic carbocycles. The Hall–Kier alpha value is -2.31. The number of nitrogens with two attached hydrogens (primary N) is 1. The largest absolute Gasteiger partial charge is 0.508 e. The molecule has 0 saturated heterocycles. The van der Waals surface area contributed by atoms with E-state index in [1.807, 2.05) is 0 Å². The molecule has 1 aromatic carbocycles. The van der Waals surface area contributed by atoms with Crippen molar-refractivity contribution in [3.05, 3.63) is 29.6 Å². The average molecular weight is 283 g/mol. The minimum Gasteiger partial charge on any atom is -0.508 e. The van der Waals surface area contributed by atoms with E-state index in [-0.39, 0.29) is 17.1 Å². The summed E-state index contributed by atoms with van der Waals surface area (Å²) in [5.41, 5.74) is 4.35. The SMILES string of the molecule is CCC(CC)(NC(=O)c1ccc(O)cc1F)/C(N)=N/O. The van der Waals surface area contributed by atoms with Gasteiger partial charge in [-0.25, -0.2) is 4.39 Å². The maximum absolute atomic E-state index is 13.6.